The van der Waals surface area contributed by atoms with E-state index < -0.39 is 0 Å². The van der Waals surface area contributed by atoms with Crippen molar-refractivity contribution in [2.75, 3.05) is 0 Å². The molecule has 4 heterocycles. The van der Waals surface area contributed by atoms with E-state index in [1.807, 2.05) is 24.7 Å². The monoisotopic (exact) mass is 384 g/mol. The number of aromatic nitrogens is 4. The molecule has 0 radical (unpaired) electrons. The zero-order valence-corrected chi connectivity index (χ0v) is 16.0. The molecule has 0 N–H and O–H groups in total. The Bertz CT molecular complexity index is 1740. The molecule has 0 spiro atoms. The molecule has 7 rings (SSSR count). The van der Waals surface area contributed by atoms with E-state index in [-0.39, 0.29) is 0 Å². The fourth-order valence-corrected chi connectivity index (χ4v) is 4.82. The number of pyridine rings is 2. The minimum Gasteiger partial charge on any atom is -0.309 e. The van der Waals surface area contributed by atoms with E-state index in [1.165, 1.54) is 32.7 Å². The van der Waals surface area contributed by atoms with Crippen molar-refractivity contribution >= 4 is 49.3 Å². The molecule has 0 aliphatic carbocycles. The quantitative estimate of drug-likeness (QED) is 0.319. The fraction of sp³-hybridized carbons (Fsp3) is 0. The van der Waals surface area contributed by atoms with Crippen LogP contribution >= 0.6 is 0 Å². The average molecular weight is 384 g/mol. The first-order valence-corrected chi connectivity index (χ1v) is 10.0. The molecule has 0 fully saturated rings. The lowest BCUT2D eigenvalue weighted by molar-refractivity contribution is 1.18. The molecule has 0 aliphatic heterocycles. The highest BCUT2D eigenvalue weighted by atomic mass is 15.0. The summed E-state index contributed by atoms with van der Waals surface area (Å²) in [6, 6.07) is 27.8. The van der Waals surface area contributed by atoms with Crippen molar-refractivity contribution < 1.29 is 0 Å². The predicted molar refractivity (Wildman–Crippen MR) is 122 cm³/mol. The van der Waals surface area contributed by atoms with Gasteiger partial charge in [0.2, 0.25) is 0 Å². The standard InChI is InChI=1S/C26H16N4/c1-2-7-17(8-3-1)30-21-11-5-4-9-20(21)23-22(30)13-12-19-18-10-6-14-27-24(18)26-28-15-16-29(26)25(19)23/h1-16H. The molecular formula is C26H16N4. The lowest BCUT2D eigenvalue weighted by Gasteiger charge is -2.10. The van der Waals surface area contributed by atoms with Crippen molar-refractivity contribution in [2.45, 2.75) is 0 Å². The Labute approximate surface area is 171 Å². The van der Waals surface area contributed by atoms with Gasteiger partial charge in [-0.3, -0.25) is 9.38 Å². The summed E-state index contributed by atoms with van der Waals surface area (Å²) in [5, 5.41) is 4.79. The van der Waals surface area contributed by atoms with Gasteiger partial charge in [-0.05, 0) is 30.3 Å². The summed E-state index contributed by atoms with van der Waals surface area (Å²) in [6.07, 6.45) is 5.74. The van der Waals surface area contributed by atoms with Crippen molar-refractivity contribution in [3.63, 3.8) is 0 Å². The Hall–Kier alpha value is -4.18. The van der Waals surface area contributed by atoms with Crippen LogP contribution in [0.1, 0.15) is 0 Å². The van der Waals surface area contributed by atoms with Gasteiger partial charge >= 0.3 is 0 Å². The number of hydrogen-bond donors (Lipinski definition) is 0. The molecular weight excluding hydrogens is 368 g/mol. The van der Waals surface area contributed by atoms with E-state index in [0.717, 1.165) is 22.2 Å². The molecule has 0 saturated heterocycles. The van der Waals surface area contributed by atoms with Crippen LogP contribution in [0, 0.1) is 0 Å². The highest BCUT2D eigenvalue weighted by molar-refractivity contribution is 6.25. The average Bonchev–Trinajstić information content (AvgIpc) is 3.43. The highest BCUT2D eigenvalue weighted by Gasteiger charge is 2.18. The van der Waals surface area contributed by atoms with Crippen LogP contribution in [0.2, 0.25) is 0 Å². The minimum absolute atomic E-state index is 0.891. The molecule has 0 saturated carbocycles. The third-order valence-electron chi connectivity index (χ3n) is 6.02. The van der Waals surface area contributed by atoms with Crippen molar-refractivity contribution in [3.8, 4) is 5.69 Å². The summed E-state index contributed by atoms with van der Waals surface area (Å²) in [5.74, 6) is 0. The summed E-state index contributed by atoms with van der Waals surface area (Å²) in [6.45, 7) is 0. The van der Waals surface area contributed by atoms with Gasteiger partial charge in [-0.25, -0.2) is 4.98 Å². The minimum atomic E-state index is 0.891. The van der Waals surface area contributed by atoms with Crippen LogP contribution in [0.25, 0.3) is 54.9 Å². The number of nitrogens with zero attached hydrogens (tertiary/aromatic N) is 4. The number of para-hydroxylation sites is 2. The van der Waals surface area contributed by atoms with Crippen LogP contribution in [-0.4, -0.2) is 18.9 Å². The first-order chi connectivity index (χ1) is 14.9. The first-order valence-electron chi connectivity index (χ1n) is 10.0. The summed E-state index contributed by atoms with van der Waals surface area (Å²) in [4.78, 5) is 9.28. The van der Waals surface area contributed by atoms with Crippen LogP contribution in [0.15, 0.2) is 97.5 Å². The van der Waals surface area contributed by atoms with Crippen molar-refractivity contribution in [3.05, 3.63) is 97.5 Å². The SMILES string of the molecule is c1ccc(-n2c3ccccc3c3c2ccc2c4cccnc4c4nccn4c23)cc1. The summed E-state index contributed by atoms with van der Waals surface area (Å²) < 4.78 is 4.54. The predicted octanol–water partition coefficient (Wildman–Crippen LogP) is 6.13. The van der Waals surface area contributed by atoms with Gasteiger partial charge < -0.3 is 4.57 Å². The van der Waals surface area contributed by atoms with Gasteiger partial charge in [0.15, 0.2) is 5.65 Å². The number of fused-ring (bicyclic) bond motifs is 10. The zero-order chi connectivity index (χ0) is 19.7. The van der Waals surface area contributed by atoms with Gasteiger partial charge in [-0.15, -0.1) is 0 Å². The normalized spacial score (nSPS) is 12.0. The number of imidazole rings is 1. The number of hydrogen-bond acceptors (Lipinski definition) is 2. The summed E-state index contributed by atoms with van der Waals surface area (Å²) in [5.41, 5.74) is 6.54. The van der Waals surface area contributed by atoms with E-state index in [4.69, 9.17) is 0 Å². The Kier molecular flexibility index (Phi) is 2.97. The molecule has 4 nitrogen and oxygen atoms in total. The largest absolute Gasteiger partial charge is 0.309 e. The highest BCUT2D eigenvalue weighted by Crippen LogP contribution is 2.39. The Balaban J connectivity index is 1.82. The molecule has 0 bridgehead atoms. The van der Waals surface area contributed by atoms with Crippen LogP contribution < -0.4 is 0 Å². The van der Waals surface area contributed by atoms with Crippen molar-refractivity contribution in [2.24, 2.45) is 0 Å². The van der Waals surface area contributed by atoms with Gasteiger partial charge in [-0.2, -0.15) is 0 Å². The molecule has 0 amide bonds. The maximum atomic E-state index is 4.64. The molecule has 0 aliphatic rings. The molecule has 4 aromatic heterocycles. The summed E-state index contributed by atoms with van der Waals surface area (Å²) >= 11 is 0. The van der Waals surface area contributed by atoms with Gasteiger partial charge in [0.25, 0.3) is 0 Å². The maximum absolute atomic E-state index is 4.64. The summed E-state index contributed by atoms with van der Waals surface area (Å²) in [7, 11) is 0. The van der Waals surface area contributed by atoms with Gasteiger partial charge in [0.05, 0.1) is 16.6 Å². The smallest absolute Gasteiger partial charge is 0.163 e. The first kappa shape index (κ1) is 15.7. The Morgan fingerprint density at radius 3 is 2.37 bits per heavy atom. The molecule has 0 atom stereocenters. The molecule has 7 aromatic rings. The van der Waals surface area contributed by atoms with Crippen molar-refractivity contribution in [1.29, 1.82) is 0 Å². The zero-order valence-electron chi connectivity index (χ0n) is 16.0. The van der Waals surface area contributed by atoms with E-state index in [1.54, 1.807) is 0 Å². The second-order valence-corrected chi connectivity index (χ2v) is 7.56. The molecule has 30 heavy (non-hydrogen) atoms. The second kappa shape index (κ2) is 5.67. The van der Waals surface area contributed by atoms with E-state index in [9.17, 15) is 0 Å². The van der Waals surface area contributed by atoms with Crippen LogP contribution in [-0.2, 0) is 0 Å². The molecule has 3 aromatic carbocycles. The Morgan fingerprint density at radius 1 is 0.600 bits per heavy atom. The number of benzene rings is 3. The number of rotatable bonds is 1. The lowest BCUT2D eigenvalue weighted by atomic mass is 10.0. The van der Waals surface area contributed by atoms with Gasteiger partial charge in [0.1, 0.15) is 5.52 Å². The van der Waals surface area contributed by atoms with E-state index in [2.05, 4.69) is 91.7 Å². The van der Waals surface area contributed by atoms with Crippen LogP contribution in [0.4, 0.5) is 0 Å². The van der Waals surface area contributed by atoms with E-state index >= 15 is 0 Å². The van der Waals surface area contributed by atoms with Gasteiger partial charge in [0, 0.05) is 45.8 Å². The fourth-order valence-electron chi connectivity index (χ4n) is 4.82. The Morgan fingerprint density at radius 2 is 1.43 bits per heavy atom. The second-order valence-electron chi connectivity index (χ2n) is 7.56. The topological polar surface area (TPSA) is 35.1 Å². The van der Waals surface area contributed by atoms with Gasteiger partial charge in [-0.1, -0.05) is 48.5 Å². The molecule has 0 unspecified atom stereocenters. The van der Waals surface area contributed by atoms with E-state index in [0.29, 0.717) is 0 Å². The third-order valence-corrected chi connectivity index (χ3v) is 6.02. The molecule has 140 valence electrons. The van der Waals surface area contributed by atoms with Crippen LogP contribution in [0.3, 0.4) is 0 Å². The molecule has 4 heteroatoms. The van der Waals surface area contributed by atoms with Crippen molar-refractivity contribution in [1.82, 2.24) is 18.9 Å². The maximum Gasteiger partial charge on any atom is 0.163 e. The third kappa shape index (κ3) is 1.90. The van der Waals surface area contributed by atoms with Crippen LogP contribution in [0.5, 0.6) is 0 Å². The lowest BCUT2D eigenvalue weighted by Crippen LogP contribution is -1.95.